The molecule has 0 spiro atoms. The molecule has 0 radical (unpaired) electrons. The third-order valence-corrected chi connectivity index (χ3v) is 7.87. The van der Waals surface area contributed by atoms with Crippen molar-refractivity contribution in [3.8, 4) is 5.75 Å². The van der Waals surface area contributed by atoms with Crippen molar-refractivity contribution in [2.45, 2.75) is 83.5 Å². The van der Waals surface area contributed by atoms with Gasteiger partial charge in [0, 0.05) is 22.5 Å². The molecule has 0 saturated heterocycles. The molecule has 2 aromatic carbocycles. The smallest absolute Gasteiger partial charge is 0.271 e. The Bertz CT molecular complexity index is 1240. The quantitative estimate of drug-likeness (QED) is 0.486. The molecule has 5 rings (SSSR count). The normalized spacial score (nSPS) is 21.1. The van der Waals surface area contributed by atoms with Gasteiger partial charge in [0.25, 0.3) is 5.91 Å². The summed E-state index contributed by atoms with van der Waals surface area (Å²) in [6, 6.07) is 17.9. The van der Waals surface area contributed by atoms with Gasteiger partial charge in [0.1, 0.15) is 17.0 Å². The largest absolute Gasteiger partial charge is 0.494 e. The summed E-state index contributed by atoms with van der Waals surface area (Å²) in [6.07, 6.45) is 8.00. The second-order valence-corrected chi connectivity index (χ2v) is 10.4. The van der Waals surface area contributed by atoms with E-state index in [4.69, 9.17) is 4.74 Å². The van der Waals surface area contributed by atoms with Gasteiger partial charge in [0.2, 0.25) is 5.91 Å². The Hall–Kier alpha value is -3.28. The van der Waals surface area contributed by atoms with Crippen molar-refractivity contribution in [2.24, 2.45) is 0 Å². The Balaban J connectivity index is 1.53. The van der Waals surface area contributed by atoms with Gasteiger partial charge < -0.3 is 19.5 Å². The summed E-state index contributed by atoms with van der Waals surface area (Å²) in [5, 5.41) is 4.38. The van der Waals surface area contributed by atoms with Gasteiger partial charge in [-0.2, -0.15) is 0 Å². The minimum absolute atomic E-state index is 0.0706. The molecule has 1 atom stereocenters. The number of rotatable bonds is 6. The van der Waals surface area contributed by atoms with Crippen molar-refractivity contribution < 1.29 is 14.3 Å². The topological polar surface area (TPSA) is 63.6 Å². The molecule has 1 aromatic heterocycles. The lowest BCUT2D eigenvalue weighted by molar-refractivity contribution is -0.134. The van der Waals surface area contributed by atoms with E-state index in [0.717, 1.165) is 47.9 Å². The molecule has 6 nitrogen and oxygen atoms in total. The van der Waals surface area contributed by atoms with Crippen LogP contribution in [-0.4, -0.2) is 39.5 Å². The van der Waals surface area contributed by atoms with Crippen LogP contribution in [0, 0.1) is 0 Å². The standard InChI is InChI=1S/C30H37N3O3/c1-3-36-27-18-12-10-14-23(27)20-33-28(34)26-19-22-13-9-11-17-25(22)32(26)21-30(33,2)29(35)31-24-15-7-5-4-6-8-16-24/h9-14,17-19,24H,3-8,15-16,20-21H2,1-2H3,(H,31,35)/t30-/m1/s1. The molecule has 2 aliphatic rings. The highest BCUT2D eigenvalue weighted by molar-refractivity contribution is 6.03. The van der Waals surface area contributed by atoms with E-state index in [1.54, 1.807) is 4.90 Å². The second kappa shape index (κ2) is 10.4. The van der Waals surface area contributed by atoms with Crippen LogP contribution in [0.15, 0.2) is 54.6 Å². The summed E-state index contributed by atoms with van der Waals surface area (Å²) in [5.41, 5.74) is 1.48. The molecule has 1 N–H and O–H groups in total. The van der Waals surface area contributed by atoms with Gasteiger partial charge >= 0.3 is 0 Å². The molecule has 2 amide bonds. The molecule has 1 aliphatic carbocycles. The first-order chi connectivity index (χ1) is 17.5. The van der Waals surface area contributed by atoms with Crippen molar-refractivity contribution in [1.82, 2.24) is 14.8 Å². The molecule has 1 aliphatic heterocycles. The van der Waals surface area contributed by atoms with Gasteiger partial charge in [-0.3, -0.25) is 9.59 Å². The Morgan fingerprint density at radius 1 is 1.03 bits per heavy atom. The van der Waals surface area contributed by atoms with Crippen LogP contribution in [0.5, 0.6) is 5.75 Å². The third kappa shape index (κ3) is 4.61. The average Bonchev–Trinajstić information content (AvgIpc) is 3.23. The number of ether oxygens (including phenoxy) is 1. The van der Waals surface area contributed by atoms with Gasteiger partial charge in [0.05, 0.1) is 19.7 Å². The highest BCUT2D eigenvalue weighted by Gasteiger charge is 2.48. The predicted molar refractivity (Wildman–Crippen MR) is 142 cm³/mol. The molecule has 36 heavy (non-hydrogen) atoms. The number of nitrogens with one attached hydrogen (secondary N) is 1. The average molecular weight is 488 g/mol. The zero-order chi connectivity index (χ0) is 25.1. The van der Waals surface area contributed by atoms with Gasteiger partial charge in [-0.05, 0) is 44.9 Å². The Labute approximate surface area is 213 Å². The molecule has 0 unspecified atom stereocenters. The number of nitrogens with zero attached hydrogens (tertiary/aromatic N) is 2. The van der Waals surface area contributed by atoms with E-state index in [-0.39, 0.29) is 17.9 Å². The van der Waals surface area contributed by atoms with Crippen LogP contribution in [0.1, 0.15) is 74.8 Å². The maximum atomic E-state index is 14.1. The fourth-order valence-electron chi connectivity index (χ4n) is 5.80. The molecular weight excluding hydrogens is 450 g/mol. The van der Waals surface area contributed by atoms with Gasteiger partial charge in [0.15, 0.2) is 0 Å². The first-order valence-corrected chi connectivity index (χ1v) is 13.4. The molecule has 190 valence electrons. The molecular formula is C30H37N3O3. The van der Waals surface area contributed by atoms with Crippen LogP contribution in [0.3, 0.4) is 0 Å². The molecule has 2 heterocycles. The Morgan fingerprint density at radius 3 is 2.50 bits per heavy atom. The van der Waals surface area contributed by atoms with Crippen LogP contribution in [-0.2, 0) is 17.9 Å². The number of carbonyl (C=O) groups is 2. The van der Waals surface area contributed by atoms with E-state index in [0.29, 0.717) is 25.4 Å². The number of fused-ring (bicyclic) bond motifs is 3. The van der Waals surface area contributed by atoms with Crippen molar-refractivity contribution in [3.05, 3.63) is 65.9 Å². The number of aromatic nitrogens is 1. The molecule has 1 fully saturated rings. The Kier molecular flexibility index (Phi) is 7.04. The van der Waals surface area contributed by atoms with Gasteiger partial charge in [-0.1, -0.05) is 68.5 Å². The van der Waals surface area contributed by atoms with Crippen molar-refractivity contribution in [1.29, 1.82) is 0 Å². The lowest BCUT2D eigenvalue weighted by Crippen LogP contribution is -2.64. The number of carbonyl (C=O) groups excluding carboxylic acids is 2. The SMILES string of the molecule is CCOc1ccccc1CN1C(=O)c2cc3ccccc3n2C[C@]1(C)C(=O)NC1CCCCCCC1. The van der Waals surface area contributed by atoms with E-state index >= 15 is 0 Å². The van der Waals surface area contributed by atoms with E-state index in [9.17, 15) is 9.59 Å². The summed E-state index contributed by atoms with van der Waals surface area (Å²) >= 11 is 0. The van der Waals surface area contributed by atoms with E-state index < -0.39 is 5.54 Å². The summed E-state index contributed by atoms with van der Waals surface area (Å²) in [7, 11) is 0. The summed E-state index contributed by atoms with van der Waals surface area (Å²) in [5.74, 6) is 0.555. The van der Waals surface area contributed by atoms with Crippen molar-refractivity contribution >= 4 is 22.7 Å². The molecule has 3 aromatic rings. The van der Waals surface area contributed by atoms with Crippen LogP contribution >= 0.6 is 0 Å². The number of para-hydroxylation sites is 2. The lowest BCUT2D eigenvalue weighted by Gasteiger charge is -2.45. The van der Waals surface area contributed by atoms with Crippen LogP contribution in [0.2, 0.25) is 0 Å². The fraction of sp³-hybridized carbons (Fsp3) is 0.467. The third-order valence-electron chi connectivity index (χ3n) is 7.87. The minimum Gasteiger partial charge on any atom is -0.494 e. The van der Waals surface area contributed by atoms with Gasteiger partial charge in [-0.15, -0.1) is 0 Å². The lowest BCUT2D eigenvalue weighted by atomic mass is 9.91. The highest BCUT2D eigenvalue weighted by Crippen LogP contribution is 2.35. The van der Waals surface area contributed by atoms with E-state index in [2.05, 4.69) is 5.32 Å². The minimum atomic E-state index is -1.03. The Morgan fingerprint density at radius 2 is 1.72 bits per heavy atom. The zero-order valence-corrected chi connectivity index (χ0v) is 21.5. The van der Waals surface area contributed by atoms with Gasteiger partial charge in [-0.25, -0.2) is 0 Å². The molecule has 0 bridgehead atoms. The predicted octanol–water partition coefficient (Wildman–Crippen LogP) is 5.68. The first kappa shape index (κ1) is 24.4. The summed E-state index contributed by atoms with van der Waals surface area (Å²) in [6.45, 7) is 5.14. The maximum Gasteiger partial charge on any atom is 0.271 e. The van der Waals surface area contributed by atoms with Crippen LogP contribution < -0.4 is 10.1 Å². The number of benzene rings is 2. The monoisotopic (exact) mass is 487 g/mol. The zero-order valence-electron chi connectivity index (χ0n) is 21.5. The number of hydrogen-bond donors (Lipinski definition) is 1. The van der Waals surface area contributed by atoms with Crippen LogP contribution in [0.25, 0.3) is 10.9 Å². The molecule has 1 saturated carbocycles. The fourth-order valence-corrected chi connectivity index (χ4v) is 5.80. The number of hydrogen-bond acceptors (Lipinski definition) is 3. The second-order valence-electron chi connectivity index (χ2n) is 10.4. The summed E-state index contributed by atoms with van der Waals surface area (Å²) < 4.78 is 7.89. The highest BCUT2D eigenvalue weighted by atomic mass is 16.5. The first-order valence-electron chi connectivity index (χ1n) is 13.4. The van der Waals surface area contributed by atoms with Crippen molar-refractivity contribution in [2.75, 3.05) is 6.61 Å². The van der Waals surface area contributed by atoms with E-state index in [1.807, 2.05) is 73.0 Å². The summed E-state index contributed by atoms with van der Waals surface area (Å²) in [4.78, 5) is 29.9. The molecule has 6 heteroatoms. The maximum absolute atomic E-state index is 14.1. The van der Waals surface area contributed by atoms with Crippen molar-refractivity contribution in [3.63, 3.8) is 0 Å². The number of amides is 2. The van der Waals surface area contributed by atoms with Crippen LogP contribution in [0.4, 0.5) is 0 Å². The van der Waals surface area contributed by atoms with E-state index in [1.165, 1.54) is 19.3 Å².